The van der Waals surface area contributed by atoms with Gasteiger partial charge in [0.2, 0.25) is 0 Å². The number of imidazole rings is 1. The number of rotatable bonds is 6. The number of thioether (sulfide) groups is 1. The molecule has 0 atom stereocenters. The molecule has 0 bridgehead atoms. The fraction of sp³-hybridized carbons (Fsp3) is 0.136. The van der Waals surface area contributed by atoms with Crippen molar-refractivity contribution in [2.45, 2.75) is 17.5 Å². The van der Waals surface area contributed by atoms with Crippen LogP contribution in [0.3, 0.4) is 0 Å². The van der Waals surface area contributed by atoms with Gasteiger partial charge in [0.05, 0.1) is 6.54 Å². The first-order valence-corrected chi connectivity index (χ1v) is 10.1. The maximum Gasteiger partial charge on any atom is 0.251 e. The molecule has 2 heterocycles. The Balaban J connectivity index is 1.61. The van der Waals surface area contributed by atoms with Gasteiger partial charge in [-0.25, -0.2) is 14.4 Å². The van der Waals surface area contributed by atoms with E-state index in [1.54, 1.807) is 37.1 Å². The van der Waals surface area contributed by atoms with Gasteiger partial charge in [-0.1, -0.05) is 36.0 Å². The molecule has 2 aromatic heterocycles. The van der Waals surface area contributed by atoms with E-state index >= 15 is 0 Å². The number of fused-ring (bicyclic) bond motifs is 1. The molecule has 0 spiro atoms. The SMILES string of the molecule is CNC(=O)c1ccc(Cn2c(SCc3ccc(F)cc3)nc3cccnc32)cc1. The van der Waals surface area contributed by atoms with E-state index in [2.05, 4.69) is 14.9 Å². The number of carbonyl (C=O) groups is 1. The van der Waals surface area contributed by atoms with Gasteiger partial charge in [-0.2, -0.15) is 0 Å². The highest BCUT2D eigenvalue weighted by atomic mass is 32.2. The number of carbonyl (C=O) groups excluding carboxylic acids is 1. The molecule has 5 nitrogen and oxygen atoms in total. The summed E-state index contributed by atoms with van der Waals surface area (Å²) < 4.78 is 15.2. The highest BCUT2D eigenvalue weighted by molar-refractivity contribution is 7.98. The number of pyridine rings is 1. The van der Waals surface area contributed by atoms with Crippen LogP contribution < -0.4 is 5.32 Å². The van der Waals surface area contributed by atoms with Crippen LogP contribution in [0.4, 0.5) is 4.39 Å². The highest BCUT2D eigenvalue weighted by Gasteiger charge is 2.13. The molecule has 0 saturated carbocycles. The maximum atomic E-state index is 13.1. The number of nitrogens with one attached hydrogen (secondary N) is 1. The molecule has 29 heavy (non-hydrogen) atoms. The van der Waals surface area contributed by atoms with E-state index in [-0.39, 0.29) is 11.7 Å². The van der Waals surface area contributed by atoms with Gasteiger partial charge >= 0.3 is 0 Å². The Kier molecular flexibility index (Phi) is 5.57. The molecule has 0 aliphatic heterocycles. The summed E-state index contributed by atoms with van der Waals surface area (Å²) in [6.07, 6.45) is 1.75. The number of hydrogen-bond acceptors (Lipinski definition) is 4. The minimum atomic E-state index is -0.240. The molecule has 2 aromatic carbocycles. The first-order chi connectivity index (χ1) is 14.1. The van der Waals surface area contributed by atoms with Gasteiger partial charge in [0.15, 0.2) is 10.8 Å². The van der Waals surface area contributed by atoms with Gasteiger partial charge in [-0.3, -0.25) is 9.36 Å². The van der Waals surface area contributed by atoms with E-state index in [1.807, 2.05) is 36.4 Å². The lowest BCUT2D eigenvalue weighted by Crippen LogP contribution is -2.17. The summed E-state index contributed by atoms with van der Waals surface area (Å²) in [5.41, 5.74) is 4.33. The van der Waals surface area contributed by atoms with Crippen molar-refractivity contribution in [2.24, 2.45) is 0 Å². The van der Waals surface area contributed by atoms with Gasteiger partial charge in [0.1, 0.15) is 11.3 Å². The maximum absolute atomic E-state index is 13.1. The van der Waals surface area contributed by atoms with Crippen LogP contribution in [0, 0.1) is 5.82 Å². The second kappa shape index (κ2) is 8.45. The number of hydrogen-bond donors (Lipinski definition) is 1. The molecule has 146 valence electrons. The summed E-state index contributed by atoms with van der Waals surface area (Å²) in [6.45, 7) is 0.591. The van der Waals surface area contributed by atoms with E-state index in [1.165, 1.54) is 12.1 Å². The summed E-state index contributed by atoms with van der Waals surface area (Å²) in [5, 5.41) is 3.47. The number of aromatic nitrogens is 3. The van der Waals surface area contributed by atoms with Gasteiger partial charge in [-0.05, 0) is 47.5 Å². The van der Waals surface area contributed by atoms with Crippen molar-refractivity contribution in [3.05, 3.63) is 89.4 Å². The Morgan fingerprint density at radius 3 is 2.52 bits per heavy atom. The Labute approximate surface area is 172 Å². The van der Waals surface area contributed by atoms with Crippen LogP contribution in [0.25, 0.3) is 11.2 Å². The average molecular weight is 406 g/mol. The van der Waals surface area contributed by atoms with Crippen molar-refractivity contribution >= 4 is 28.8 Å². The van der Waals surface area contributed by atoms with Crippen LogP contribution in [0.1, 0.15) is 21.5 Å². The number of halogens is 1. The zero-order valence-electron chi connectivity index (χ0n) is 15.8. The van der Waals surface area contributed by atoms with Crippen molar-refractivity contribution in [1.82, 2.24) is 19.9 Å². The standard InChI is InChI=1S/C22H19FN4OS/c1-24-21(28)17-8-4-15(5-9-17)13-27-20-19(3-2-12-25-20)26-22(27)29-14-16-6-10-18(23)11-7-16/h2-12H,13-14H2,1H3,(H,24,28). The second-order valence-corrected chi connectivity index (χ2v) is 7.46. The summed E-state index contributed by atoms with van der Waals surface area (Å²) in [7, 11) is 1.62. The van der Waals surface area contributed by atoms with Crippen molar-refractivity contribution in [1.29, 1.82) is 0 Å². The minimum Gasteiger partial charge on any atom is -0.355 e. The molecular weight excluding hydrogens is 387 g/mol. The van der Waals surface area contributed by atoms with Crippen molar-refractivity contribution in [3.63, 3.8) is 0 Å². The summed E-state index contributed by atoms with van der Waals surface area (Å²) in [5.74, 6) is 0.330. The molecule has 4 aromatic rings. The summed E-state index contributed by atoms with van der Waals surface area (Å²) in [6, 6.07) is 17.8. The molecule has 0 saturated heterocycles. The van der Waals surface area contributed by atoms with Gasteiger partial charge in [0, 0.05) is 24.6 Å². The smallest absolute Gasteiger partial charge is 0.251 e. The van der Waals surface area contributed by atoms with E-state index in [0.29, 0.717) is 17.9 Å². The zero-order chi connectivity index (χ0) is 20.2. The van der Waals surface area contributed by atoms with Gasteiger partial charge in [-0.15, -0.1) is 0 Å². The molecule has 0 aliphatic carbocycles. The highest BCUT2D eigenvalue weighted by Crippen LogP contribution is 2.27. The van der Waals surface area contributed by atoms with E-state index in [4.69, 9.17) is 4.98 Å². The third-order valence-corrected chi connectivity index (χ3v) is 5.58. The molecule has 0 aliphatic rings. The third-order valence-electron chi connectivity index (χ3n) is 4.53. The lowest BCUT2D eigenvalue weighted by Gasteiger charge is -2.09. The van der Waals surface area contributed by atoms with Crippen LogP contribution in [0.2, 0.25) is 0 Å². The van der Waals surface area contributed by atoms with Crippen LogP contribution in [0.15, 0.2) is 72.0 Å². The number of benzene rings is 2. The van der Waals surface area contributed by atoms with Crippen molar-refractivity contribution in [3.8, 4) is 0 Å². The zero-order valence-corrected chi connectivity index (χ0v) is 16.6. The number of amides is 1. The topological polar surface area (TPSA) is 59.8 Å². The second-order valence-electron chi connectivity index (χ2n) is 6.52. The fourth-order valence-corrected chi connectivity index (χ4v) is 3.97. The number of nitrogens with zero attached hydrogens (tertiary/aromatic N) is 3. The van der Waals surface area contributed by atoms with Crippen molar-refractivity contribution in [2.75, 3.05) is 7.05 Å². The average Bonchev–Trinajstić information content (AvgIpc) is 3.11. The van der Waals surface area contributed by atoms with Crippen LogP contribution >= 0.6 is 11.8 Å². The minimum absolute atomic E-state index is 0.109. The fourth-order valence-electron chi connectivity index (χ4n) is 3.01. The normalized spacial score (nSPS) is 11.0. The summed E-state index contributed by atoms with van der Waals surface area (Å²) in [4.78, 5) is 21.0. The van der Waals surface area contributed by atoms with E-state index in [9.17, 15) is 9.18 Å². The molecule has 4 rings (SSSR count). The predicted molar refractivity (Wildman–Crippen MR) is 112 cm³/mol. The molecule has 0 fully saturated rings. The van der Waals surface area contributed by atoms with E-state index < -0.39 is 0 Å². The lowest BCUT2D eigenvalue weighted by atomic mass is 10.1. The van der Waals surface area contributed by atoms with Crippen LogP contribution in [-0.2, 0) is 12.3 Å². The van der Waals surface area contributed by atoms with Crippen LogP contribution in [-0.4, -0.2) is 27.5 Å². The Bertz CT molecular complexity index is 1140. The first kappa shape index (κ1) is 19.1. The third kappa shape index (κ3) is 4.30. The lowest BCUT2D eigenvalue weighted by molar-refractivity contribution is 0.0963. The monoisotopic (exact) mass is 406 g/mol. The van der Waals surface area contributed by atoms with Gasteiger partial charge in [0.25, 0.3) is 5.91 Å². The molecular formula is C22H19FN4OS. The first-order valence-electron chi connectivity index (χ1n) is 9.13. The van der Waals surface area contributed by atoms with Gasteiger partial charge < -0.3 is 5.32 Å². The quantitative estimate of drug-likeness (QED) is 0.486. The Morgan fingerprint density at radius 2 is 1.79 bits per heavy atom. The van der Waals surface area contributed by atoms with E-state index in [0.717, 1.165) is 27.4 Å². The predicted octanol–water partition coefficient (Wildman–Crippen LogP) is 4.27. The largest absolute Gasteiger partial charge is 0.355 e. The molecule has 7 heteroatoms. The molecule has 1 amide bonds. The molecule has 0 radical (unpaired) electrons. The van der Waals surface area contributed by atoms with Crippen LogP contribution in [0.5, 0.6) is 0 Å². The Hall–Kier alpha value is -3.19. The van der Waals surface area contributed by atoms with Crippen molar-refractivity contribution < 1.29 is 9.18 Å². The molecule has 0 unspecified atom stereocenters. The molecule has 1 N–H and O–H groups in total. The Morgan fingerprint density at radius 1 is 1.07 bits per heavy atom. The summed E-state index contributed by atoms with van der Waals surface area (Å²) >= 11 is 1.59.